The number of nitrogens with one attached hydrogen (secondary N) is 1. The summed E-state index contributed by atoms with van der Waals surface area (Å²) >= 11 is 0. The molecule has 498 valence electrons. The zero-order valence-electron chi connectivity index (χ0n) is 51.1. The van der Waals surface area contributed by atoms with Crippen molar-refractivity contribution < 1.29 is 108 Å². The number of carbonyl (C=O) groups excluding carboxylic acids is 6. The van der Waals surface area contributed by atoms with Crippen molar-refractivity contribution in [1.82, 2.24) is 20.3 Å². The molecule has 14 rings (SSSR count). The molecular weight excluding hydrogens is 1260 g/mol. The van der Waals surface area contributed by atoms with E-state index in [2.05, 4.69) is 15.6 Å². The predicted molar refractivity (Wildman–Crippen MR) is 311 cm³/mol. The van der Waals surface area contributed by atoms with Gasteiger partial charge in [0.05, 0.1) is 53.4 Å². The van der Waals surface area contributed by atoms with Crippen molar-refractivity contribution >= 4 is 67.4 Å². The number of esters is 5. The Bertz CT molecular complexity index is 4130. The third-order valence-electron chi connectivity index (χ3n) is 22.9. The fourth-order valence-electron chi connectivity index (χ4n) is 19.0. The van der Waals surface area contributed by atoms with Gasteiger partial charge in [-0.05, 0) is 87.3 Å². The summed E-state index contributed by atoms with van der Waals surface area (Å²) in [6, 6.07) is 7.49. The van der Waals surface area contributed by atoms with Crippen LogP contribution < -0.4 is 27.3 Å². The van der Waals surface area contributed by atoms with Gasteiger partial charge in [-0.2, -0.15) is 16.8 Å². The SMILES string of the molecule is CC(=O)O[C@H]1C2C([C@@H](O)[C@H](N)[C@H]3C[C@@H]4O[C@@H]4[C@H](O)[C@]23C)[C@@H]2[C@@H](OC(=O)CCCCn3cc(CNC(=O)c4ccc5c(c4)C(=O)OC54c5ccc(N)c(S(=O)(=O)O)c5Oc5c4ccc(N)c5S(=O)(=O)O)nn3)[C@@H]3[C@H]([C@H](C)[C@H]4O[C@]45OC(=O)[C@@](C)(O)[C@]35C)[C@@]2(C)[C@H]1OC(C)=O. The number of hydrogen-bond donors (Lipinski definition) is 9. The summed E-state index contributed by atoms with van der Waals surface area (Å²) < 4.78 is 123. The van der Waals surface area contributed by atoms with E-state index in [1.807, 2.05) is 20.8 Å². The average Bonchev–Trinajstić information content (AvgIpc) is 1.45. The molecule has 21 atom stereocenters. The Morgan fingerprint density at radius 3 is 2.05 bits per heavy atom. The number of anilines is 2. The third-order valence-corrected chi connectivity index (χ3v) is 24.8. The lowest BCUT2D eigenvalue weighted by molar-refractivity contribution is -0.284. The molecular formula is C61H69N7O23S2. The van der Waals surface area contributed by atoms with Crippen molar-refractivity contribution in [2.45, 2.75) is 169 Å². The van der Waals surface area contributed by atoms with Crippen LogP contribution in [0.2, 0.25) is 0 Å². The number of aliphatic hydroxyl groups excluding tert-OH is 2. The van der Waals surface area contributed by atoms with Crippen LogP contribution in [-0.4, -0.2) is 158 Å². The van der Waals surface area contributed by atoms with Gasteiger partial charge in [0, 0.05) is 89.6 Å². The van der Waals surface area contributed by atoms with E-state index in [1.54, 1.807) is 13.1 Å². The number of hydrogen-bond acceptors (Lipinski definition) is 26. The number of aryl methyl sites for hydroxylation is 1. The number of aromatic nitrogens is 3. The highest BCUT2D eigenvalue weighted by Gasteiger charge is 2.93. The molecule has 5 aliphatic carbocycles. The van der Waals surface area contributed by atoms with Gasteiger partial charge in [0.1, 0.15) is 36.2 Å². The highest BCUT2D eigenvalue weighted by molar-refractivity contribution is 7.86. The quantitative estimate of drug-likeness (QED) is 0.0228. The molecule has 5 saturated carbocycles. The van der Waals surface area contributed by atoms with Crippen LogP contribution in [0.4, 0.5) is 11.4 Å². The number of carbonyl (C=O) groups is 6. The smallest absolute Gasteiger partial charge is 0.341 e. The molecule has 4 aromatic rings. The number of rotatable bonds is 13. The number of nitrogens with two attached hydrogens (primary N) is 3. The first kappa shape index (κ1) is 63.0. The number of ether oxygens (including phenoxy) is 8. The van der Waals surface area contributed by atoms with E-state index in [4.69, 9.17) is 55.1 Å². The first-order valence-corrected chi connectivity index (χ1v) is 33.4. The van der Waals surface area contributed by atoms with Gasteiger partial charge in [-0.1, -0.05) is 32.1 Å². The van der Waals surface area contributed by atoms with Gasteiger partial charge in [-0.25, -0.2) is 9.59 Å². The summed E-state index contributed by atoms with van der Waals surface area (Å²) in [4.78, 5) is 81.5. The maximum atomic E-state index is 14.8. The van der Waals surface area contributed by atoms with E-state index < -0.39 is 212 Å². The van der Waals surface area contributed by atoms with Gasteiger partial charge in [-0.3, -0.25) is 33.0 Å². The molecule has 3 saturated heterocycles. The van der Waals surface area contributed by atoms with E-state index in [0.717, 1.165) is 12.1 Å². The van der Waals surface area contributed by atoms with Crippen LogP contribution >= 0.6 is 0 Å². The van der Waals surface area contributed by atoms with Crippen LogP contribution in [0.3, 0.4) is 0 Å². The molecule has 32 heteroatoms. The molecule has 2 spiro atoms. The van der Waals surface area contributed by atoms with Crippen LogP contribution in [0.25, 0.3) is 0 Å². The number of aliphatic hydroxyl groups is 3. The molecule has 93 heavy (non-hydrogen) atoms. The van der Waals surface area contributed by atoms with Gasteiger partial charge in [0.2, 0.25) is 5.79 Å². The first-order chi connectivity index (χ1) is 43.5. The Hall–Kier alpha value is -7.40. The van der Waals surface area contributed by atoms with E-state index >= 15 is 0 Å². The lowest BCUT2D eigenvalue weighted by Gasteiger charge is -2.67. The fraction of sp³-hybridized carbons (Fsp3) is 0.574. The minimum atomic E-state index is -5.24. The van der Waals surface area contributed by atoms with Crippen molar-refractivity contribution in [2.24, 2.45) is 63.4 Å². The second-order valence-electron chi connectivity index (χ2n) is 27.4. The lowest BCUT2D eigenvalue weighted by Crippen LogP contribution is -2.76. The number of unbranched alkanes of at least 4 members (excludes halogenated alkanes) is 1. The molecule has 12 N–H and O–H groups in total. The monoisotopic (exact) mass is 1330 g/mol. The number of benzene rings is 3. The van der Waals surface area contributed by atoms with Crippen molar-refractivity contribution in [3.63, 3.8) is 0 Å². The minimum absolute atomic E-state index is 0.0285. The molecule has 1 amide bonds. The van der Waals surface area contributed by atoms with Crippen molar-refractivity contribution in [1.29, 1.82) is 0 Å². The predicted octanol–water partition coefficient (Wildman–Crippen LogP) is 1.41. The topological polar surface area (TPSA) is 473 Å². The molecule has 0 radical (unpaired) electrons. The fourth-order valence-corrected chi connectivity index (χ4v) is 20.5. The second-order valence-corrected chi connectivity index (χ2v) is 30.1. The van der Waals surface area contributed by atoms with Gasteiger partial charge >= 0.3 is 29.8 Å². The summed E-state index contributed by atoms with van der Waals surface area (Å²) in [7, 11) is -10.5. The number of epoxide rings is 2. The van der Waals surface area contributed by atoms with Crippen LogP contribution in [0.1, 0.15) is 117 Å². The number of amides is 1. The van der Waals surface area contributed by atoms with Crippen LogP contribution in [0, 0.1) is 57.7 Å². The number of nitrogens with zero attached hydrogens (tertiary/aromatic N) is 3. The molecule has 30 nitrogen and oxygen atoms in total. The Morgan fingerprint density at radius 2 is 1.43 bits per heavy atom. The zero-order chi connectivity index (χ0) is 66.9. The van der Waals surface area contributed by atoms with E-state index in [-0.39, 0.29) is 59.9 Å². The Kier molecular flexibility index (Phi) is 13.8. The van der Waals surface area contributed by atoms with Crippen LogP contribution in [0.5, 0.6) is 11.5 Å². The lowest BCUT2D eigenvalue weighted by atomic mass is 9.40. The standard InChI is InChI=1S/C61H69N7O23S2/c1-22-37-40(58(6)59(7,77)55(76)91-61(58)51(22)89-61)46(38-36-39(47(84-23(2)69)52(57(37,38)5)85-24(3)70)56(4)31(41(64)42(36)72)19-34-45(86-34)50(56)73)87-35(71)10-8-9-17-68-21-26(66-67-68)20-65-53(74)25-11-12-28-27(18-25)54(75)90-60(28)29-13-15-32(62)48(92(78,79)80)43(29)88-44-30(60)14-16-33(63)49(44)93(81,82)83/h11-16,18,21-22,31,34,36-42,45-47,50-52,72-73,77H,8-10,17,19-20,62-64H2,1-7H3,(H,65,74)(H,78,79,80)(H,81,82,83)/t22-,31+,34-,36?,37-,38+,39?,40-,41+,42+,45-,46+,47-,50-,51+,52-,56-,57+,58-,59+,61-/m0/s1. The summed E-state index contributed by atoms with van der Waals surface area (Å²) in [5, 5.41) is 48.9. The molecule has 0 bridgehead atoms. The molecule has 1 aromatic heterocycles. The third kappa shape index (κ3) is 8.43. The maximum absolute atomic E-state index is 14.8. The van der Waals surface area contributed by atoms with Crippen molar-refractivity contribution in [3.05, 3.63) is 82.2 Å². The second kappa shape index (κ2) is 20.3. The molecule has 6 heterocycles. The molecule has 5 aliphatic heterocycles. The Labute approximate surface area is 530 Å². The largest absolute Gasteiger partial charge is 0.462 e. The zero-order valence-corrected chi connectivity index (χ0v) is 52.7. The van der Waals surface area contributed by atoms with Crippen LogP contribution in [-0.2, 0) is 91.3 Å². The number of nitrogen functional groups attached to an aromatic ring is 2. The normalized spacial score (nSPS) is 38.8. The summed E-state index contributed by atoms with van der Waals surface area (Å²) in [5.74, 6) is -14.0. The van der Waals surface area contributed by atoms with Crippen LogP contribution in [0.15, 0.2) is 58.5 Å². The maximum Gasteiger partial charge on any atom is 0.341 e. The summed E-state index contributed by atoms with van der Waals surface area (Å²) in [5.41, 5.74) is 8.77. The van der Waals surface area contributed by atoms with E-state index in [1.165, 1.54) is 55.8 Å². The summed E-state index contributed by atoms with van der Waals surface area (Å²) in [6.45, 7) is 11.0. The Morgan fingerprint density at radius 1 is 0.806 bits per heavy atom. The van der Waals surface area contributed by atoms with Gasteiger partial charge in [-0.15, -0.1) is 5.10 Å². The highest BCUT2D eigenvalue weighted by atomic mass is 32.2. The number of fused-ring (bicyclic) bond motifs is 15. The van der Waals surface area contributed by atoms with Gasteiger partial charge in [0.15, 0.2) is 32.5 Å². The average molecular weight is 1330 g/mol. The Balaban J connectivity index is 0.706. The highest BCUT2D eigenvalue weighted by Crippen LogP contribution is 2.81. The molecule has 3 aromatic carbocycles. The van der Waals surface area contributed by atoms with E-state index in [0.29, 0.717) is 18.5 Å². The van der Waals surface area contributed by atoms with E-state index in [9.17, 15) is 70.0 Å². The molecule has 10 aliphatic rings. The van der Waals surface area contributed by atoms with Gasteiger partial charge in [0.25, 0.3) is 26.1 Å². The first-order valence-electron chi connectivity index (χ1n) is 30.5. The molecule has 8 fully saturated rings. The van der Waals surface area contributed by atoms with Crippen molar-refractivity contribution in [3.8, 4) is 11.5 Å². The minimum Gasteiger partial charge on any atom is -0.462 e. The summed E-state index contributed by atoms with van der Waals surface area (Å²) in [6.07, 6.45) is -5.92. The van der Waals surface area contributed by atoms with Crippen molar-refractivity contribution in [2.75, 3.05) is 11.5 Å². The van der Waals surface area contributed by atoms with Gasteiger partial charge < -0.3 is 75.7 Å². The molecule has 2 unspecified atom stereocenters.